The van der Waals surface area contributed by atoms with Crippen molar-refractivity contribution in [1.82, 2.24) is 10.6 Å². The first-order valence-electron chi connectivity index (χ1n) is 5.43. The van der Waals surface area contributed by atoms with Crippen LogP contribution in [0.1, 0.15) is 17.0 Å². The lowest BCUT2D eigenvalue weighted by molar-refractivity contribution is 0.0948. The average molecular weight is 367 g/mol. The normalized spacial score (nSPS) is 21.0. The Morgan fingerprint density at radius 2 is 2.21 bits per heavy atom. The third kappa shape index (κ3) is 4.02. The molecule has 19 heavy (non-hydrogen) atoms. The first-order chi connectivity index (χ1) is 8.85. The number of hydrogen-bond donors (Lipinski definition) is 2. The van der Waals surface area contributed by atoms with E-state index in [-0.39, 0.29) is 28.4 Å². The van der Waals surface area contributed by atoms with E-state index in [4.69, 9.17) is 16.6 Å². The summed E-state index contributed by atoms with van der Waals surface area (Å²) in [5.41, 5.74) is 0. The van der Waals surface area contributed by atoms with Crippen molar-refractivity contribution >= 4 is 49.0 Å². The Balaban J connectivity index is 1.87. The van der Waals surface area contributed by atoms with Crippen molar-refractivity contribution in [2.45, 2.75) is 12.5 Å². The summed E-state index contributed by atoms with van der Waals surface area (Å²) < 4.78 is 28.1. The van der Waals surface area contributed by atoms with Crippen LogP contribution in [0, 0.1) is 0 Å². The zero-order valence-electron chi connectivity index (χ0n) is 9.68. The molecule has 1 saturated heterocycles. The van der Waals surface area contributed by atoms with Crippen molar-refractivity contribution in [3.8, 4) is 0 Å². The number of nitrogens with one attached hydrogen (secondary N) is 2. The number of sulfone groups is 1. The molecule has 1 aromatic heterocycles. The molecular formula is C10H11BrN2O4S2. The molecular weight excluding hydrogens is 356 g/mol. The predicted molar refractivity (Wildman–Crippen MR) is 76.7 cm³/mol. The van der Waals surface area contributed by atoms with Gasteiger partial charge in [-0.2, -0.15) is 0 Å². The highest BCUT2D eigenvalue weighted by Gasteiger charge is 2.28. The van der Waals surface area contributed by atoms with Crippen molar-refractivity contribution in [2.24, 2.45) is 0 Å². The van der Waals surface area contributed by atoms with Crippen molar-refractivity contribution < 1.29 is 17.6 Å². The van der Waals surface area contributed by atoms with Gasteiger partial charge in [0.15, 0.2) is 25.4 Å². The van der Waals surface area contributed by atoms with E-state index in [1.165, 1.54) is 6.07 Å². The third-order valence-corrected chi connectivity index (χ3v) is 5.01. The largest absolute Gasteiger partial charge is 0.444 e. The molecule has 6 nitrogen and oxygen atoms in total. The fourth-order valence-electron chi connectivity index (χ4n) is 1.73. The molecule has 2 N–H and O–H groups in total. The van der Waals surface area contributed by atoms with Crippen molar-refractivity contribution in [1.29, 1.82) is 0 Å². The zero-order valence-corrected chi connectivity index (χ0v) is 12.9. The number of thiocarbonyl (C=S) groups is 1. The molecule has 0 spiro atoms. The van der Waals surface area contributed by atoms with Crippen LogP contribution in [0.4, 0.5) is 0 Å². The zero-order chi connectivity index (χ0) is 14.0. The monoisotopic (exact) mass is 366 g/mol. The van der Waals surface area contributed by atoms with E-state index in [0.29, 0.717) is 11.1 Å². The Labute approximate surface area is 124 Å². The minimum absolute atomic E-state index is 0.0370. The first kappa shape index (κ1) is 14.5. The lowest BCUT2D eigenvalue weighted by atomic mass is 10.3. The van der Waals surface area contributed by atoms with Crippen LogP contribution >= 0.6 is 28.1 Å². The van der Waals surface area contributed by atoms with E-state index in [2.05, 4.69) is 26.6 Å². The molecule has 0 saturated carbocycles. The molecule has 0 radical (unpaired) electrons. The van der Waals surface area contributed by atoms with Gasteiger partial charge in [-0.15, -0.1) is 0 Å². The van der Waals surface area contributed by atoms with Crippen molar-refractivity contribution in [3.63, 3.8) is 0 Å². The van der Waals surface area contributed by atoms with Gasteiger partial charge in [0.2, 0.25) is 0 Å². The van der Waals surface area contributed by atoms with Gasteiger partial charge >= 0.3 is 0 Å². The number of halogens is 1. The Bertz CT molecular complexity index is 611. The van der Waals surface area contributed by atoms with Crippen LogP contribution in [0.15, 0.2) is 21.2 Å². The summed E-state index contributed by atoms with van der Waals surface area (Å²) >= 11 is 8.05. The Morgan fingerprint density at radius 1 is 1.47 bits per heavy atom. The van der Waals surface area contributed by atoms with E-state index in [0.717, 1.165) is 0 Å². The second-order valence-electron chi connectivity index (χ2n) is 4.13. The predicted octanol–water partition coefficient (Wildman–Crippen LogP) is 0.834. The van der Waals surface area contributed by atoms with Crippen molar-refractivity contribution in [3.05, 3.63) is 22.6 Å². The summed E-state index contributed by atoms with van der Waals surface area (Å²) in [5.74, 6) is -0.180. The maximum atomic E-state index is 11.7. The molecule has 2 rings (SSSR count). The number of carbonyl (C=O) groups excluding carboxylic acids is 1. The van der Waals surface area contributed by atoms with Gasteiger partial charge < -0.3 is 9.73 Å². The fourth-order valence-corrected chi connectivity index (χ4v) is 3.97. The number of rotatable bonds is 2. The lowest BCUT2D eigenvalue weighted by Gasteiger charge is -2.13. The number of amides is 1. The van der Waals surface area contributed by atoms with E-state index in [9.17, 15) is 13.2 Å². The van der Waals surface area contributed by atoms with Gasteiger partial charge in [-0.25, -0.2) is 8.42 Å². The van der Waals surface area contributed by atoms with Crippen LogP contribution in [0.2, 0.25) is 0 Å². The summed E-state index contributed by atoms with van der Waals surface area (Å²) in [5, 5.41) is 5.34. The van der Waals surface area contributed by atoms with Crippen LogP contribution in [0.5, 0.6) is 0 Å². The summed E-state index contributed by atoms with van der Waals surface area (Å²) in [6.07, 6.45) is 0.491. The molecule has 0 aliphatic carbocycles. The van der Waals surface area contributed by atoms with E-state index in [1.54, 1.807) is 6.07 Å². The second kappa shape index (κ2) is 5.59. The molecule has 1 fully saturated rings. The molecule has 2 heterocycles. The van der Waals surface area contributed by atoms with E-state index in [1.807, 2.05) is 0 Å². The highest BCUT2D eigenvalue weighted by molar-refractivity contribution is 9.10. The van der Waals surface area contributed by atoms with Gasteiger partial charge in [0.1, 0.15) is 0 Å². The number of furan rings is 1. The molecule has 1 aliphatic heterocycles. The van der Waals surface area contributed by atoms with Crippen LogP contribution in [-0.2, 0) is 9.84 Å². The summed E-state index contributed by atoms with van der Waals surface area (Å²) in [4.78, 5) is 11.7. The Hall–Kier alpha value is -0.930. The average Bonchev–Trinajstić information content (AvgIpc) is 2.85. The summed E-state index contributed by atoms with van der Waals surface area (Å²) in [6, 6.07) is 2.85. The maximum Gasteiger partial charge on any atom is 0.293 e. The van der Waals surface area contributed by atoms with Crippen LogP contribution in [-0.4, -0.2) is 37.0 Å². The van der Waals surface area contributed by atoms with Gasteiger partial charge in [0.05, 0.1) is 11.5 Å². The van der Waals surface area contributed by atoms with Gasteiger partial charge in [-0.3, -0.25) is 10.1 Å². The maximum absolute atomic E-state index is 11.7. The summed E-state index contributed by atoms with van der Waals surface area (Å²) in [7, 11) is -2.98. The lowest BCUT2D eigenvalue weighted by Crippen LogP contribution is -2.44. The second-order valence-corrected chi connectivity index (χ2v) is 7.55. The topological polar surface area (TPSA) is 88.4 Å². The third-order valence-electron chi connectivity index (χ3n) is 2.59. The Kier molecular flexibility index (Phi) is 4.26. The van der Waals surface area contributed by atoms with Gasteiger partial charge in [-0.05, 0) is 46.7 Å². The van der Waals surface area contributed by atoms with Crippen LogP contribution in [0.3, 0.4) is 0 Å². The highest BCUT2D eigenvalue weighted by Crippen LogP contribution is 2.14. The Morgan fingerprint density at radius 3 is 2.74 bits per heavy atom. The molecule has 1 aliphatic rings. The first-order valence-corrected chi connectivity index (χ1v) is 8.45. The summed E-state index contributed by atoms with van der Waals surface area (Å²) in [6.45, 7) is 0. The minimum Gasteiger partial charge on any atom is -0.444 e. The molecule has 0 aromatic carbocycles. The molecule has 0 unspecified atom stereocenters. The highest BCUT2D eigenvalue weighted by atomic mass is 79.9. The van der Waals surface area contributed by atoms with Gasteiger partial charge in [0, 0.05) is 6.04 Å². The van der Waals surface area contributed by atoms with Crippen LogP contribution in [0.25, 0.3) is 0 Å². The molecule has 9 heteroatoms. The smallest absolute Gasteiger partial charge is 0.293 e. The fraction of sp³-hybridized carbons (Fsp3) is 0.400. The molecule has 1 amide bonds. The number of carbonyl (C=O) groups is 1. The molecule has 1 atom stereocenters. The van der Waals surface area contributed by atoms with Crippen LogP contribution < -0.4 is 10.6 Å². The minimum atomic E-state index is -2.98. The number of hydrogen-bond acceptors (Lipinski definition) is 5. The van der Waals surface area contributed by atoms with Gasteiger partial charge in [-0.1, -0.05) is 0 Å². The molecule has 104 valence electrons. The van der Waals surface area contributed by atoms with E-state index < -0.39 is 15.7 Å². The SMILES string of the molecule is O=C(NC(=S)N[C@H]1CCS(=O)(=O)C1)c1ccc(Br)o1. The standard InChI is InChI=1S/C10H11BrN2O4S2/c11-8-2-1-7(17-8)9(14)13-10(18)12-6-3-4-19(15,16)5-6/h1-2,6H,3-5H2,(H2,12,13,14,18)/t6-/m0/s1. The molecule has 0 bridgehead atoms. The van der Waals surface area contributed by atoms with Gasteiger partial charge in [0.25, 0.3) is 5.91 Å². The van der Waals surface area contributed by atoms with E-state index >= 15 is 0 Å². The quantitative estimate of drug-likeness (QED) is 0.753. The van der Waals surface area contributed by atoms with Crippen molar-refractivity contribution in [2.75, 3.05) is 11.5 Å². The molecule has 1 aromatic rings.